The number of anilines is 1. The Hall–Kier alpha value is -5.42. The highest BCUT2D eigenvalue weighted by atomic mass is 32.2. The Bertz CT molecular complexity index is 2020. The van der Waals surface area contributed by atoms with Gasteiger partial charge in [-0.25, -0.2) is 14.3 Å². The number of aliphatic carboxylic acids is 1. The maximum atomic E-state index is 13.7. The van der Waals surface area contributed by atoms with E-state index >= 15 is 0 Å². The van der Waals surface area contributed by atoms with Crippen molar-refractivity contribution >= 4 is 57.7 Å². The Kier molecular flexibility index (Phi) is 10.0. The second kappa shape index (κ2) is 14.3. The number of nitrogens with two attached hydrogens (primary N) is 1. The van der Waals surface area contributed by atoms with Crippen molar-refractivity contribution in [3.8, 4) is 11.5 Å². The molecular formula is C35H36N6O9S2. The minimum absolute atomic E-state index is 0.0822. The molecular weight excluding hydrogens is 713 g/mol. The fourth-order valence-corrected chi connectivity index (χ4v) is 7.43. The van der Waals surface area contributed by atoms with Gasteiger partial charge in [0.15, 0.2) is 41.3 Å². The number of esters is 1. The van der Waals surface area contributed by atoms with Crippen molar-refractivity contribution in [3.63, 3.8) is 0 Å². The summed E-state index contributed by atoms with van der Waals surface area (Å²) in [6, 6.07) is 7.65. The molecule has 3 N–H and O–H groups in total. The summed E-state index contributed by atoms with van der Waals surface area (Å²) in [5.74, 6) is -3.55. The average Bonchev–Trinajstić information content (AvgIpc) is 3.64. The molecule has 5 heterocycles. The second-order valence-electron chi connectivity index (χ2n) is 13.3. The highest BCUT2D eigenvalue weighted by Gasteiger charge is 2.53. The van der Waals surface area contributed by atoms with Crippen LogP contribution >= 0.6 is 23.1 Å². The molecule has 2 atom stereocenters. The summed E-state index contributed by atoms with van der Waals surface area (Å²) in [5, 5.41) is 19.9. The van der Waals surface area contributed by atoms with Crippen LogP contribution in [0.1, 0.15) is 56.2 Å². The molecule has 2 aromatic heterocycles. The van der Waals surface area contributed by atoms with Gasteiger partial charge in [0.1, 0.15) is 29.3 Å². The van der Waals surface area contributed by atoms with Gasteiger partial charge in [-0.3, -0.25) is 14.5 Å². The van der Waals surface area contributed by atoms with Gasteiger partial charge in [0.2, 0.25) is 5.79 Å². The number of nitrogens with one attached hydrogen (secondary N) is 1. The van der Waals surface area contributed by atoms with Crippen molar-refractivity contribution in [1.82, 2.24) is 15.2 Å². The molecule has 0 saturated carbocycles. The number of ether oxygens (including phenoxy) is 3. The monoisotopic (exact) mass is 748 g/mol. The van der Waals surface area contributed by atoms with Crippen molar-refractivity contribution in [2.24, 2.45) is 5.16 Å². The minimum Gasteiger partial charge on any atom is -0.543 e. The molecule has 1 saturated heterocycles. The first-order valence-corrected chi connectivity index (χ1v) is 18.0. The Labute approximate surface area is 307 Å². The summed E-state index contributed by atoms with van der Waals surface area (Å²) in [5.41, 5.74) is 5.51. The maximum absolute atomic E-state index is 13.7. The molecule has 1 unspecified atom stereocenters. The minimum atomic E-state index is -1.50. The highest BCUT2D eigenvalue weighted by Crippen LogP contribution is 2.42. The SMILES string of the molecule is CC(C)(C)OC(=O)c1cc2c(cc1CO/N=C(\C(=O)NC1C(=O)N3C(C(=O)[O-])=C(/C=C/C[n+]4ccccc4)CS[C@@H]13)c1csc(N)n1)OC(C)(C)O2. The second-order valence-corrected chi connectivity index (χ2v) is 15.3. The number of carboxylic acid groups (broad SMARTS) is 1. The zero-order valence-corrected chi connectivity index (χ0v) is 30.5. The average molecular weight is 749 g/mol. The van der Waals surface area contributed by atoms with E-state index < -0.39 is 46.6 Å². The molecule has 15 nitrogen and oxygen atoms in total. The van der Waals surface area contributed by atoms with E-state index in [9.17, 15) is 24.3 Å². The van der Waals surface area contributed by atoms with Gasteiger partial charge in [-0.05, 0) is 44.6 Å². The van der Waals surface area contributed by atoms with Crippen molar-refractivity contribution in [2.75, 3.05) is 11.5 Å². The van der Waals surface area contributed by atoms with Crippen LogP contribution in [0.2, 0.25) is 0 Å². The largest absolute Gasteiger partial charge is 0.543 e. The number of β-lactam (4-membered cyclic amide) rings is 1. The zero-order chi connectivity index (χ0) is 37.4. The van der Waals surface area contributed by atoms with Crippen LogP contribution in [0.4, 0.5) is 5.13 Å². The molecule has 1 fully saturated rings. The fourth-order valence-electron chi connectivity index (χ4n) is 5.56. The molecule has 17 heteroatoms. The Morgan fingerprint density at radius 1 is 1.19 bits per heavy atom. The number of thiazole rings is 1. The summed E-state index contributed by atoms with van der Waals surface area (Å²) in [6.07, 6.45) is 7.21. The third-order valence-electron chi connectivity index (χ3n) is 7.75. The van der Waals surface area contributed by atoms with E-state index in [4.69, 9.17) is 24.8 Å². The van der Waals surface area contributed by atoms with Crippen molar-refractivity contribution in [3.05, 3.63) is 88.3 Å². The molecule has 1 aromatic carbocycles. The topological polar surface area (TPSA) is 199 Å². The van der Waals surface area contributed by atoms with E-state index in [0.29, 0.717) is 29.2 Å². The normalized spacial score (nSPS) is 19.3. The number of oxime groups is 1. The lowest BCUT2D eigenvalue weighted by Crippen LogP contribution is -2.71. The third kappa shape index (κ3) is 7.89. The zero-order valence-electron chi connectivity index (χ0n) is 28.9. The van der Waals surface area contributed by atoms with Crippen molar-refractivity contribution in [1.29, 1.82) is 0 Å². The lowest BCUT2D eigenvalue weighted by molar-refractivity contribution is -0.687. The van der Waals surface area contributed by atoms with E-state index in [2.05, 4.69) is 15.5 Å². The van der Waals surface area contributed by atoms with Gasteiger partial charge >= 0.3 is 5.97 Å². The number of fused-ring (bicyclic) bond motifs is 2. The number of amides is 2. The van der Waals surface area contributed by atoms with Crippen LogP contribution in [0, 0.1) is 0 Å². The lowest BCUT2D eigenvalue weighted by atomic mass is 10.0. The number of carbonyl (C=O) groups is 4. The van der Waals surface area contributed by atoms with Gasteiger partial charge in [0.05, 0.1) is 17.2 Å². The summed E-state index contributed by atoms with van der Waals surface area (Å²) in [6.45, 7) is 8.86. The predicted octanol–water partition coefficient (Wildman–Crippen LogP) is 2.06. The molecule has 3 aliphatic rings. The molecule has 3 aromatic rings. The summed E-state index contributed by atoms with van der Waals surface area (Å²) >= 11 is 2.36. The molecule has 0 radical (unpaired) electrons. The van der Waals surface area contributed by atoms with Crippen LogP contribution in [0.15, 0.2) is 76.7 Å². The molecule has 3 aliphatic heterocycles. The number of benzene rings is 1. The molecule has 52 heavy (non-hydrogen) atoms. The number of nitrogen functional groups attached to an aromatic ring is 1. The van der Waals surface area contributed by atoms with Crippen LogP contribution in [-0.4, -0.2) is 67.9 Å². The van der Waals surface area contributed by atoms with Gasteiger partial charge < -0.3 is 40.0 Å². The van der Waals surface area contributed by atoms with E-state index in [1.165, 1.54) is 23.2 Å². The first kappa shape index (κ1) is 36.4. The van der Waals surface area contributed by atoms with E-state index in [0.717, 1.165) is 16.2 Å². The van der Waals surface area contributed by atoms with Crippen LogP contribution in [0.3, 0.4) is 0 Å². The molecule has 0 bridgehead atoms. The number of thioether (sulfide) groups is 1. The number of rotatable bonds is 11. The summed E-state index contributed by atoms with van der Waals surface area (Å²) < 4.78 is 19.2. The van der Waals surface area contributed by atoms with Gasteiger partial charge in [0, 0.05) is 42.7 Å². The Morgan fingerprint density at radius 2 is 1.90 bits per heavy atom. The first-order chi connectivity index (χ1) is 24.6. The number of hydrogen-bond acceptors (Lipinski definition) is 14. The molecule has 0 spiro atoms. The Balaban J connectivity index is 1.20. The van der Waals surface area contributed by atoms with Crippen LogP contribution in [-0.2, 0) is 37.1 Å². The quantitative estimate of drug-likeness (QED) is 0.0953. The van der Waals surface area contributed by atoms with Crippen LogP contribution < -0.4 is 30.2 Å². The summed E-state index contributed by atoms with van der Waals surface area (Å²) in [4.78, 5) is 63.4. The Morgan fingerprint density at radius 3 is 2.56 bits per heavy atom. The number of hydrogen-bond donors (Lipinski definition) is 2. The first-order valence-electron chi connectivity index (χ1n) is 16.1. The molecule has 0 aliphatic carbocycles. The van der Waals surface area contributed by atoms with E-state index in [-0.39, 0.29) is 40.2 Å². The maximum Gasteiger partial charge on any atom is 0.339 e. The molecule has 2 amide bonds. The van der Waals surface area contributed by atoms with Crippen LogP contribution in [0.5, 0.6) is 11.5 Å². The van der Waals surface area contributed by atoms with Crippen molar-refractivity contribution in [2.45, 2.75) is 70.6 Å². The smallest absolute Gasteiger partial charge is 0.339 e. The fraction of sp³-hybridized carbons (Fsp3) is 0.343. The van der Waals surface area contributed by atoms with E-state index in [1.54, 1.807) is 52.8 Å². The predicted molar refractivity (Wildman–Crippen MR) is 188 cm³/mol. The number of carboxylic acids is 1. The number of pyridine rings is 1. The number of nitrogens with zero attached hydrogens (tertiary/aromatic N) is 4. The lowest BCUT2D eigenvalue weighted by Gasteiger charge is -2.50. The number of aromatic nitrogens is 2. The van der Waals surface area contributed by atoms with Gasteiger partial charge in [-0.15, -0.1) is 23.1 Å². The van der Waals surface area contributed by atoms with Gasteiger partial charge in [-0.1, -0.05) is 17.3 Å². The van der Waals surface area contributed by atoms with Crippen LogP contribution in [0.25, 0.3) is 0 Å². The third-order valence-corrected chi connectivity index (χ3v) is 9.72. The number of carbonyl (C=O) groups excluding carboxylic acids is 4. The standard InChI is InChI=1S/C35H36N6O9S2/c1-34(2,3)50-32(46)21-15-24-23(48-35(4,5)49-24)14-20(21)16-47-39-25(22-18-52-33(36)37-22)28(42)38-26-29(43)41-27(31(44)45)19(17-51-30(26)41)10-9-13-40-11-7-6-8-12-40/h6-12,14-15,18,26,30H,13,16-17H2,1-5H3,(H3-,36,37,38,42,44,45)/b10-9+,39-25-/t26?,30-/m0/s1. The van der Waals surface area contributed by atoms with Gasteiger partial charge in [0.25, 0.3) is 11.8 Å². The van der Waals surface area contributed by atoms with E-state index in [1.807, 2.05) is 35.2 Å². The highest BCUT2D eigenvalue weighted by molar-refractivity contribution is 8.00. The van der Waals surface area contributed by atoms with Gasteiger partial charge in [-0.2, -0.15) is 0 Å². The molecule has 272 valence electrons. The van der Waals surface area contributed by atoms with Crippen molar-refractivity contribution < 1.29 is 47.9 Å². The number of allylic oxidation sites excluding steroid dienone is 2. The molecule has 6 rings (SSSR count). The summed E-state index contributed by atoms with van der Waals surface area (Å²) in [7, 11) is 0.